The first-order valence-electron chi connectivity index (χ1n) is 6.79. The summed E-state index contributed by atoms with van der Waals surface area (Å²) in [5.74, 6) is -0.240. The van der Waals surface area contributed by atoms with Crippen molar-refractivity contribution in [2.24, 2.45) is 5.73 Å². The van der Waals surface area contributed by atoms with Crippen molar-refractivity contribution in [1.82, 2.24) is 5.32 Å². The number of nitrogens with two attached hydrogens (primary N) is 1. The summed E-state index contributed by atoms with van der Waals surface area (Å²) < 4.78 is 5.52. The van der Waals surface area contributed by atoms with Crippen LogP contribution in [0, 0.1) is 0 Å². The van der Waals surface area contributed by atoms with Crippen LogP contribution in [0.2, 0.25) is 0 Å². The van der Waals surface area contributed by atoms with Crippen LogP contribution in [0.25, 0.3) is 0 Å². The number of hydrogen-bond donors (Lipinski definition) is 2. The lowest BCUT2D eigenvalue weighted by atomic mass is 9.77. The van der Waals surface area contributed by atoms with Gasteiger partial charge in [0.05, 0.1) is 6.10 Å². The number of primary amides is 1. The molecule has 2 rings (SSSR count). The van der Waals surface area contributed by atoms with Gasteiger partial charge in [0.2, 0.25) is 5.91 Å². The molecule has 0 spiro atoms. The minimum Gasteiger partial charge on any atom is -0.379 e. The number of nitrogens with one attached hydrogen (secondary N) is 1. The summed E-state index contributed by atoms with van der Waals surface area (Å²) in [6.45, 7) is 0. The Kier molecular flexibility index (Phi) is 4.05. The van der Waals surface area contributed by atoms with Crippen molar-refractivity contribution in [2.45, 2.75) is 69.1 Å². The quantitative estimate of drug-likeness (QED) is 0.779. The Morgan fingerprint density at radius 1 is 1.24 bits per heavy atom. The van der Waals surface area contributed by atoms with E-state index < -0.39 is 5.54 Å². The molecule has 0 saturated heterocycles. The molecular formula is C13H24N2O2. The van der Waals surface area contributed by atoms with Gasteiger partial charge in [-0.15, -0.1) is 0 Å². The van der Waals surface area contributed by atoms with Crippen molar-refractivity contribution in [2.75, 3.05) is 7.11 Å². The molecule has 0 bridgehead atoms. The molecule has 2 saturated carbocycles. The molecule has 0 aromatic heterocycles. The van der Waals surface area contributed by atoms with E-state index in [1.54, 1.807) is 7.11 Å². The van der Waals surface area contributed by atoms with E-state index in [2.05, 4.69) is 5.32 Å². The third-order valence-electron chi connectivity index (χ3n) is 4.38. The molecule has 0 aromatic rings. The molecule has 0 radical (unpaired) electrons. The van der Waals surface area contributed by atoms with Crippen LogP contribution >= 0.6 is 0 Å². The first kappa shape index (κ1) is 12.8. The molecule has 2 unspecified atom stereocenters. The SMILES string of the molecule is COC1CCCCC1(NC1CCCC1)C(N)=O. The monoisotopic (exact) mass is 240 g/mol. The zero-order valence-electron chi connectivity index (χ0n) is 10.7. The molecule has 2 atom stereocenters. The topological polar surface area (TPSA) is 64.3 Å². The lowest BCUT2D eigenvalue weighted by Gasteiger charge is -2.43. The maximum atomic E-state index is 11.9. The van der Waals surface area contributed by atoms with Gasteiger partial charge in [0.1, 0.15) is 5.54 Å². The van der Waals surface area contributed by atoms with Crippen LogP contribution in [0.5, 0.6) is 0 Å². The normalized spacial score (nSPS) is 35.0. The molecule has 2 fully saturated rings. The van der Waals surface area contributed by atoms with Crippen molar-refractivity contribution in [3.05, 3.63) is 0 Å². The smallest absolute Gasteiger partial charge is 0.240 e. The number of rotatable bonds is 4. The lowest BCUT2D eigenvalue weighted by Crippen LogP contribution is -2.66. The maximum Gasteiger partial charge on any atom is 0.240 e. The van der Waals surface area contributed by atoms with Gasteiger partial charge in [-0.05, 0) is 25.7 Å². The Morgan fingerprint density at radius 3 is 2.47 bits per heavy atom. The Hall–Kier alpha value is -0.610. The maximum absolute atomic E-state index is 11.9. The Morgan fingerprint density at radius 2 is 1.88 bits per heavy atom. The second kappa shape index (κ2) is 5.36. The number of hydrogen-bond acceptors (Lipinski definition) is 3. The first-order valence-corrected chi connectivity index (χ1v) is 6.79. The highest BCUT2D eigenvalue weighted by Gasteiger charge is 2.47. The van der Waals surface area contributed by atoms with E-state index in [-0.39, 0.29) is 12.0 Å². The van der Waals surface area contributed by atoms with Gasteiger partial charge in [0.15, 0.2) is 0 Å². The van der Waals surface area contributed by atoms with Crippen LogP contribution in [-0.2, 0) is 9.53 Å². The fourth-order valence-electron chi connectivity index (χ4n) is 3.41. The van der Waals surface area contributed by atoms with Crippen LogP contribution < -0.4 is 11.1 Å². The standard InChI is InChI=1S/C13H24N2O2/c1-17-11-8-4-5-9-13(11,12(14)16)15-10-6-2-3-7-10/h10-11,15H,2-9H2,1H3,(H2,14,16). The molecule has 0 heterocycles. The predicted octanol–water partition coefficient (Wildman–Crippen LogP) is 1.33. The highest BCUT2D eigenvalue weighted by molar-refractivity contribution is 5.85. The van der Waals surface area contributed by atoms with E-state index >= 15 is 0 Å². The Balaban J connectivity index is 2.13. The van der Waals surface area contributed by atoms with Crippen LogP contribution in [0.4, 0.5) is 0 Å². The molecular weight excluding hydrogens is 216 g/mol. The number of carbonyl (C=O) groups excluding carboxylic acids is 1. The van der Waals surface area contributed by atoms with Gasteiger partial charge in [0.25, 0.3) is 0 Å². The van der Waals surface area contributed by atoms with Gasteiger partial charge in [-0.2, -0.15) is 0 Å². The average Bonchev–Trinajstić information content (AvgIpc) is 2.82. The molecule has 1 amide bonds. The van der Waals surface area contributed by atoms with Crippen LogP contribution in [0.15, 0.2) is 0 Å². The van der Waals surface area contributed by atoms with Gasteiger partial charge >= 0.3 is 0 Å². The highest BCUT2D eigenvalue weighted by atomic mass is 16.5. The summed E-state index contributed by atoms with van der Waals surface area (Å²) in [5, 5.41) is 3.53. The van der Waals surface area contributed by atoms with Gasteiger partial charge in [0, 0.05) is 13.2 Å². The molecule has 3 N–H and O–H groups in total. The molecule has 2 aliphatic carbocycles. The molecule has 2 aliphatic rings. The number of ether oxygens (including phenoxy) is 1. The van der Waals surface area contributed by atoms with E-state index in [0.29, 0.717) is 6.04 Å². The Bertz CT molecular complexity index is 277. The summed E-state index contributed by atoms with van der Waals surface area (Å²) in [5.41, 5.74) is 5.04. The fourth-order valence-corrected chi connectivity index (χ4v) is 3.41. The third-order valence-corrected chi connectivity index (χ3v) is 4.38. The largest absolute Gasteiger partial charge is 0.379 e. The zero-order chi connectivity index (χ0) is 12.3. The van der Waals surface area contributed by atoms with Gasteiger partial charge in [-0.3, -0.25) is 10.1 Å². The van der Waals surface area contributed by atoms with Crippen molar-refractivity contribution in [3.63, 3.8) is 0 Å². The van der Waals surface area contributed by atoms with E-state index in [0.717, 1.165) is 38.5 Å². The second-order valence-electron chi connectivity index (χ2n) is 5.43. The van der Waals surface area contributed by atoms with Crippen molar-refractivity contribution in [3.8, 4) is 0 Å². The number of amides is 1. The minimum absolute atomic E-state index is 0.0608. The summed E-state index contributed by atoms with van der Waals surface area (Å²) in [7, 11) is 1.68. The molecule has 0 aromatic carbocycles. The van der Waals surface area contributed by atoms with E-state index in [1.165, 1.54) is 12.8 Å². The average molecular weight is 240 g/mol. The van der Waals surface area contributed by atoms with Crippen molar-refractivity contribution >= 4 is 5.91 Å². The van der Waals surface area contributed by atoms with Gasteiger partial charge in [-0.25, -0.2) is 0 Å². The van der Waals surface area contributed by atoms with E-state index in [4.69, 9.17) is 10.5 Å². The van der Waals surface area contributed by atoms with Crippen molar-refractivity contribution < 1.29 is 9.53 Å². The third kappa shape index (κ3) is 2.47. The first-order chi connectivity index (χ1) is 8.19. The van der Waals surface area contributed by atoms with Crippen LogP contribution in [0.1, 0.15) is 51.4 Å². The van der Waals surface area contributed by atoms with Crippen LogP contribution in [-0.4, -0.2) is 30.7 Å². The molecule has 4 heteroatoms. The lowest BCUT2D eigenvalue weighted by molar-refractivity contribution is -0.134. The molecule has 4 nitrogen and oxygen atoms in total. The minimum atomic E-state index is -0.623. The second-order valence-corrected chi connectivity index (χ2v) is 5.43. The fraction of sp³-hybridized carbons (Fsp3) is 0.923. The summed E-state index contributed by atoms with van der Waals surface area (Å²) in [4.78, 5) is 11.9. The van der Waals surface area contributed by atoms with E-state index in [1.807, 2.05) is 0 Å². The highest BCUT2D eigenvalue weighted by Crippen LogP contribution is 2.33. The zero-order valence-corrected chi connectivity index (χ0v) is 10.7. The Labute approximate surface area is 103 Å². The van der Waals surface area contributed by atoms with Crippen molar-refractivity contribution in [1.29, 1.82) is 0 Å². The van der Waals surface area contributed by atoms with Crippen LogP contribution in [0.3, 0.4) is 0 Å². The summed E-state index contributed by atoms with van der Waals surface area (Å²) >= 11 is 0. The molecule has 17 heavy (non-hydrogen) atoms. The predicted molar refractivity (Wildman–Crippen MR) is 66.6 cm³/mol. The summed E-state index contributed by atoms with van der Waals surface area (Å²) in [6, 6.07) is 0.443. The van der Waals surface area contributed by atoms with E-state index in [9.17, 15) is 4.79 Å². The van der Waals surface area contributed by atoms with Gasteiger partial charge in [-0.1, -0.05) is 25.7 Å². The molecule has 0 aliphatic heterocycles. The summed E-state index contributed by atoms with van der Waals surface area (Å²) in [6.07, 6.45) is 8.69. The molecule has 98 valence electrons. The number of methoxy groups -OCH3 is 1. The number of carbonyl (C=O) groups is 1. The van der Waals surface area contributed by atoms with Gasteiger partial charge < -0.3 is 10.5 Å².